The molecule has 0 aliphatic rings. The summed E-state index contributed by atoms with van der Waals surface area (Å²) in [6.07, 6.45) is 1.36. The largest absolute Gasteiger partial charge is 0.477 e. The van der Waals surface area contributed by atoms with Crippen LogP contribution in [0, 0.1) is 11.6 Å². The summed E-state index contributed by atoms with van der Waals surface area (Å²) in [5.41, 5.74) is 1.00. The van der Waals surface area contributed by atoms with Gasteiger partial charge in [-0.05, 0) is 29.8 Å². The summed E-state index contributed by atoms with van der Waals surface area (Å²) in [5.74, 6) is -2.95. The van der Waals surface area contributed by atoms with E-state index >= 15 is 0 Å². The van der Waals surface area contributed by atoms with Crippen LogP contribution in [0.2, 0.25) is 0 Å². The Hall–Kier alpha value is -2.50. The van der Waals surface area contributed by atoms with Crippen LogP contribution in [0.4, 0.5) is 14.5 Å². The first-order valence-electron chi connectivity index (χ1n) is 5.43. The van der Waals surface area contributed by atoms with Crippen molar-refractivity contribution in [2.24, 2.45) is 0 Å². The average Bonchev–Trinajstić information content (AvgIpc) is 2.40. The molecule has 0 saturated carbocycles. The van der Waals surface area contributed by atoms with Gasteiger partial charge in [-0.15, -0.1) is 0 Å². The van der Waals surface area contributed by atoms with Gasteiger partial charge in [0, 0.05) is 18.4 Å². The van der Waals surface area contributed by atoms with E-state index in [1.807, 2.05) is 0 Å². The van der Waals surface area contributed by atoms with E-state index in [-0.39, 0.29) is 12.2 Å². The van der Waals surface area contributed by atoms with Crippen LogP contribution in [-0.4, -0.2) is 16.1 Å². The number of hydrogen-bond acceptors (Lipinski definition) is 3. The first-order chi connectivity index (χ1) is 9.06. The summed E-state index contributed by atoms with van der Waals surface area (Å²) in [6, 6.07) is 6.53. The number of nitrogens with one attached hydrogen (secondary N) is 1. The number of nitrogens with zero attached hydrogens (tertiary/aromatic N) is 1. The second-order valence-corrected chi connectivity index (χ2v) is 3.84. The van der Waals surface area contributed by atoms with Crippen molar-refractivity contribution in [1.29, 1.82) is 0 Å². The standard InChI is InChI=1S/C13H10F2N2O2/c14-10-2-1-8(5-11(10)15)7-17-9-3-4-16-12(6-9)13(18)19/h1-6H,7H2,(H,16,17)(H,18,19). The number of aromatic nitrogens is 1. The highest BCUT2D eigenvalue weighted by molar-refractivity contribution is 5.86. The van der Waals surface area contributed by atoms with Gasteiger partial charge in [-0.3, -0.25) is 0 Å². The second kappa shape index (κ2) is 5.43. The van der Waals surface area contributed by atoms with Gasteiger partial charge >= 0.3 is 5.97 Å². The number of halogens is 2. The average molecular weight is 264 g/mol. The normalized spacial score (nSPS) is 10.2. The van der Waals surface area contributed by atoms with Gasteiger partial charge in [-0.2, -0.15) is 0 Å². The van der Waals surface area contributed by atoms with Gasteiger partial charge in [0.25, 0.3) is 0 Å². The zero-order valence-electron chi connectivity index (χ0n) is 9.73. The summed E-state index contributed by atoms with van der Waals surface area (Å²) in [7, 11) is 0. The SMILES string of the molecule is O=C(O)c1cc(NCc2ccc(F)c(F)c2)ccn1. The van der Waals surface area contributed by atoms with E-state index in [1.54, 1.807) is 6.07 Å². The zero-order valence-corrected chi connectivity index (χ0v) is 9.73. The zero-order chi connectivity index (χ0) is 13.8. The van der Waals surface area contributed by atoms with Crippen molar-refractivity contribution in [3.63, 3.8) is 0 Å². The molecule has 0 radical (unpaired) electrons. The summed E-state index contributed by atoms with van der Waals surface area (Å²) in [5, 5.41) is 11.7. The molecule has 1 heterocycles. The summed E-state index contributed by atoms with van der Waals surface area (Å²) < 4.78 is 25.7. The van der Waals surface area contributed by atoms with Crippen molar-refractivity contribution in [2.75, 3.05) is 5.32 Å². The maximum Gasteiger partial charge on any atom is 0.354 e. The van der Waals surface area contributed by atoms with Gasteiger partial charge in [0.05, 0.1) is 0 Å². The Morgan fingerprint density at radius 2 is 2.00 bits per heavy atom. The van der Waals surface area contributed by atoms with Crippen molar-refractivity contribution >= 4 is 11.7 Å². The number of carboxylic acids is 1. The third-order valence-electron chi connectivity index (χ3n) is 2.46. The van der Waals surface area contributed by atoms with Gasteiger partial charge in [0.15, 0.2) is 11.6 Å². The molecule has 0 atom stereocenters. The van der Waals surface area contributed by atoms with Gasteiger partial charge in [0.2, 0.25) is 0 Å². The number of carbonyl (C=O) groups is 1. The van der Waals surface area contributed by atoms with E-state index in [2.05, 4.69) is 10.3 Å². The van der Waals surface area contributed by atoms with Gasteiger partial charge in [-0.1, -0.05) is 6.07 Å². The first kappa shape index (κ1) is 12.9. The van der Waals surface area contributed by atoms with Crippen molar-refractivity contribution in [1.82, 2.24) is 4.98 Å². The molecule has 0 saturated heterocycles. The molecule has 0 spiro atoms. The molecule has 0 aliphatic heterocycles. The van der Waals surface area contributed by atoms with Crippen molar-refractivity contribution < 1.29 is 18.7 Å². The second-order valence-electron chi connectivity index (χ2n) is 3.84. The number of hydrogen-bond donors (Lipinski definition) is 2. The Morgan fingerprint density at radius 3 is 2.68 bits per heavy atom. The number of rotatable bonds is 4. The van der Waals surface area contributed by atoms with Crippen molar-refractivity contribution in [2.45, 2.75) is 6.54 Å². The van der Waals surface area contributed by atoms with E-state index in [0.29, 0.717) is 11.3 Å². The van der Waals surface area contributed by atoms with Gasteiger partial charge in [-0.25, -0.2) is 18.6 Å². The summed E-state index contributed by atoms with van der Waals surface area (Å²) >= 11 is 0. The smallest absolute Gasteiger partial charge is 0.354 e. The molecule has 4 nitrogen and oxygen atoms in total. The summed E-state index contributed by atoms with van der Waals surface area (Å²) in [6.45, 7) is 0.250. The van der Waals surface area contributed by atoms with Crippen molar-refractivity contribution in [3.8, 4) is 0 Å². The topological polar surface area (TPSA) is 62.2 Å². The maximum atomic E-state index is 13.0. The monoisotopic (exact) mass is 264 g/mol. The fourth-order valence-electron chi connectivity index (χ4n) is 1.51. The van der Waals surface area contributed by atoms with E-state index in [1.165, 1.54) is 18.3 Å². The highest BCUT2D eigenvalue weighted by Gasteiger charge is 2.05. The predicted octanol–water partition coefficient (Wildman–Crippen LogP) is 2.67. The van der Waals surface area contributed by atoms with Crippen LogP contribution in [0.3, 0.4) is 0 Å². The van der Waals surface area contributed by atoms with Crippen LogP contribution < -0.4 is 5.32 Å². The highest BCUT2D eigenvalue weighted by Crippen LogP contribution is 2.12. The molecule has 1 aromatic heterocycles. The number of benzene rings is 1. The minimum atomic E-state index is -1.13. The Labute approximate surface area is 107 Å². The molecule has 2 aromatic rings. The van der Waals surface area contributed by atoms with Crippen LogP contribution in [0.15, 0.2) is 36.5 Å². The minimum Gasteiger partial charge on any atom is -0.477 e. The lowest BCUT2D eigenvalue weighted by molar-refractivity contribution is 0.0690. The van der Waals surface area contributed by atoms with E-state index < -0.39 is 17.6 Å². The number of anilines is 1. The lowest BCUT2D eigenvalue weighted by atomic mass is 10.2. The van der Waals surface area contributed by atoms with Crippen molar-refractivity contribution in [3.05, 3.63) is 59.4 Å². The number of carboxylic acid groups (broad SMARTS) is 1. The fourth-order valence-corrected chi connectivity index (χ4v) is 1.51. The van der Waals surface area contributed by atoms with E-state index in [0.717, 1.165) is 12.1 Å². The Bertz CT molecular complexity index is 617. The maximum absolute atomic E-state index is 13.0. The molecule has 6 heteroatoms. The molecular formula is C13H10F2N2O2. The Morgan fingerprint density at radius 1 is 1.21 bits per heavy atom. The third kappa shape index (κ3) is 3.25. The highest BCUT2D eigenvalue weighted by atomic mass is 19.2. The molecular weight excluding hydrogens is 254 g/mol. The molecule has 0 bridgehead atoms. The van der Waals surface area contributed by atoms with Crippen LogP contribution in [0.1, 0.15) is 16.1 Å². The molecule has 1 aromatic carbocycles. The van der Waals surface area contributed by atoms with Gasteiger partial charge in [0.1, 0.15) is 5.69 Å². The fraction of sp³-hybridized carbons (Fsp3) is 0.0769. The minimum absolute atomic E-state index is 0.0877. The van der Waals surface area contributed by atoms with E-state index in [4.69, 9.17) is 5.11 Å². The Balaban J connectivity index is 2.07. The van der Waals surface area contributed by atoms with Crippen LogP contribution in [0.5, 0.6) is 0 Å². The Kier molecular flexibility index (Phi) is 3.70. The molecule has 0 amide bonds. The molecule has 0 unspecified atom stereocenters. The van der Waals surface area contributed by atoms with E-state index in [9.17, 15) is 13.6 Å². The predicted molar refractivity (Wildman–Crippen MR) is 64.9 cm³/mol. The third-order valence-corrected chi connectivity index (χ3v) is 2.46. The molecule has 98 valence electrons. The quantitative estimate of drug-likeness (QED) is 0.891. The van der Waals surface area contributed by atoms with Gasteiger partial charge < -0.3 is 10.4 Å². The number of pyridine rings is 1. The molecule has 2 N–H and O–H groups in total. The lowest BCUT2D eigenvalue weighted by Crippen LogP contribution is -2.04. The first-order valence-corrected chi connectivity index (χ1v) is 5.43. The van der Waals surface area contributed by atoms with Crippen LogP contribution >= 0.6 is 0 Å². The molecule has 19 heavy (non-hydrogen) atoms. The molecule has 0 fully saturated rings. The van der Waals surface area contributed by atoms with Crippen LogP contribution in [0.25, 0.3) is 0 Å². The molecule has 2 rings (SSSR count). The lowest BCUT2D eigenvalue weighted by Gasteiger charge is -2.07. The molecule has 0 aliphatic carbocycles. The number of aromatic carboxylic acids is 1. The summed E-state index contributed by atoms with van der Waals surface area (Å²) in [4.78, 5) is 14.4. The van der Waals surface area contributed by atoms with Crippen LogP contribution in [-0.2, 0) is 6.54 Å².